The van der Waals surface area contributed by atoms with E-state index in [1.807, 2.05) is 16.5 Å². The van der Waals surface area contributed by atoms with Gasteiger partial charge in [-0.05, 0) is 18.6 Å². The van der Waals surface area contributed by atoms with Crippen molar-refractivity contribution in [3.8, 4) is 23.0 Å². The standard InChI is InChI=1S/C22H18N2O5/c1-4-5-12-21-13-6-19-20(29-11-28-19)8-15(13)23-10-24(21)16-9-18(27-3)17(26-2)7-14(16)22(12)25/h4,6-10H,1,5,11H2,2-3H3. The predicted molar refractivity (Wildman–Crippen MR) is 110 cm³/mol. The van der Waals surface area contributed by atoms with Gasteiger partial charge < -0.3 is 18.9 Å². The Labute approximate surface area is 165 Å². The van der Waals surface area contributed by atoms with Gasteiger partial charge in [0.1, 0.15) is 6.33 Å². The van der Waals surface area contributed by atoms with Crippen LogP contribution >= 0.6 is 0 Å². The van der Waals surface area contributed by atoms with Crippen molar-refractivity contribution in [2.75, 3.05) is 21.0 Å². The van der Waals surface area contributed by atoms with Gasteiger partial charge >= 0.3 is 0 Å². The van der Waals surface area contributed by atoms with Gasteiger partial charge in [0, 0.05) is 23.1 Å². The number of hydrogen-bond donors (Lipinski definition) is 0. The van der Waals surface area contributed by atoms with Crippen molar-refractivity contribution in [3.05, 3.63) is 59.0 Å². The number of hydrogen-bond acceptors (Lipinski definition) is 6. The topological polar surface area (TPSA) is 71.3 Å². The molecule has 4 aromatic rings. The lowest BCUT2D eigenvalue weighted by Crippen LogP contribution is -2.14. The normalized spacial score (nSPS) is 12.6. The van der Waals surface area contributed by atoms with E-state index in [1.165, 1.54) is 0 Å². The third-order valence-corrected chi connectivity index (χ3v) is 5.21. The molecule has 0 saturated carbocycles. The summed E-state index contributed by atoms with van der Waals surface area (Å²) in [6.45, 7) is 4.00. The fourth-order valence-corrected chi connectivity index (χ4v) is 3.88. The van der Waals surface area contributed by atoms with Crippen LogP contribution in [0.15, 0.2) is 48.0 Å². The monoisotopic (exact) mass is 390 g/mol. The van der Waals surface area contributed by atoms with E-state index in [4.69, 9.17) is 18.9 Å². The van der Waals surface area contributed by atoms with Gasteiger partial charge in [-0.2, -0.15) is 0 Å². The van der Waals surface area contributed by atoms with Crippen LogP contribution < -0.4 is 24.4 Å². The maximum atomic E-state index is 13.4. The number of methoxy groups -OCH3 is 2. The molecule has 0 N–H and O–H groups in total. The fraction of sp³-hybridized carbons (Fsp3) is 0.182. The average Bonchev–Trinajstić information content (AvgIpc) is 3.21. The first-order valence-electron chi connectivity index (χ1n) is 9.08. The fourth-order valence-electron chi connectivity index (χ4n) is 3.88. The maximum Gasteiger partial charge on any atom is 0.231 e. The number of pyridine rings is 1. The van der Waals surface area contributed by atoms with Gasteiger partial charge in [-0.25, -0.2) is 4.98 Å². The van der Waals surface area contributed by atoms with Crippen molar-refractivity contribution < 1.29 is 18.9 Å². The van der Waals surface area contributed by atoms with Gasteiger partial charge in [0.15, 0.2) is 28.4 Å². The van der Waals surface area contributed by atoms with Gasteiger partial charge in [-0.1, -0.05) is 6.08 Å². The highest BCUT2D eigenvalue weighted by Gasteiger charge is 2.20. The van der Waals surface area contributed by atoms with Crippen molar-refractivity contribution in [2.24, 2.45) is 0 Å². The molecule has 0 amide bonds. The van der Waals surface area contributed by atoms with E-state index in [-0.39, 0.29) is 12.2 Å². The van der Waals surface area contributed by atoms with Crippen molar-refractivity contribution in [1.82, 2.24) is 9.38 Å². The van der Waals surface area contributed by atoms with Crippen LogP contribution in [0, 0.1) is 0 Å². The summed E-state index contributed by atoms with van der Waals surface area (Å²) in [6, 6.07) is 7.21. The SMILES string of the molecule is C=CCc1c(=O)c2cc(OC)c(OC)cc2n2cnc3cc4c(cc3c12)OCO4. The summed E-state index contributed by atoms with van der Waals surface area (Å²) in [4.78, 5) is 18.0. The molecule has 5 rings (SSSR count). The molecule has 3 heterocycles. The molecule has 0 radical (unpaired) electrons. The lowest BCUT2D eigenvalue weighted by atomic mass is 10.0. The number of rotatable bonds is 4. The second-order valence-corrected chi connectivity index (χ2v) is 6.71. The molecular formula is C22H18N2O5. The van der Waals surface area contributed by atoms with E-state index >= 15 is 0 Å². The van der Waals surface area contributed by atoms with Gasteiger partial charge in [-0.15, -0.1) is 6.58 Å². The molecule has 2 aromatic carbocycles. The first-order valence-corrected chi connectivity index (χ1v) is 9.08. The van der Waals surface area contributed by atoms with E-state index in [2.05, 4.69) is 11.6 Å². The Morgan fingerprint density at radius 2 is 1.83 bits per heavy atom. The predicted octanol–water partition coefficient (Wildman–Crippen LogP) is 3.48. The number of fused-ring (bicyclic) bond motifs is 6. The number of ether oxygens (including phenoxy) is 4. The molecule has 0 atom stereocenters. The van der Waals surface area contributed by atoms with Crippen LogP contribution in [0.2, 0.25) is 0 Å². The van der Waals surface area contributed by atoms with Crippen LogP contribution in [0.1, 0.15) is 5.56 Å². The molecule has 0 aliphatic carbocycles. The van der Waals surface area contributed by atoms with Gasteiger partial charge in [0.2, 0.25) is 6.79 Å². The van der Waals surface area contributed by atoms with Gasteiger partial charge in [0.25, 0.3) is 0 Å². The largest absolute Gasteiger partial charge is 0.493 e. The Morgan fingerprint density at radius 3 is 2.55 bits per heavy atom. The molecule has 146 valence electrons. The van der Waals surface area contributed by atoms with Gasteiger partial charge in [0.05, 0.1) is 36.2 Å². The quantitative estimate of drug-likeness (QED) is 0.393. The summed E-state index contributed by atoms with van der Waals surface area (Å²) in [5.74, 6) is 2.32. The van der Waals surface area contributed by atoms with E-state index in [1.54, 1.807) is 38.8 Å². The van der Waals surface area contributed by atoms with Crippen molar-refractivity contribution in [3.63, 3.8) is 0 Å². The zero-order valence-electron chi connectivity index (χ0n) is 16.0. The first kappa shape index (κ1) is 17.4. The Bertz CT molecular complexity index is 1370. The van der Waals surface area contributed by atoms with Crippen molar-refractivity contribution >= 4 is 27.3 Å². The molecule has 0 spiro atoms. The molecule has 7 nitrogen and oxygen atoms in total. The molecule has 2 aromatic heterocycles. The Balaban J connectivity index is 2.01. The Hall–Kier alpha value is -3.74. The minimum absolute atomic E-state index is 0.0778. The van der Waals surface area contributed by atoms with Crippen LogP contribution in [0.4, 0.5) is 0 Å². The van der Waals surface area contributed by atoms with Crippen LogP contribution in [0.25, 0.3) is 27.3 Å². The highest BCUT2D eigenvalue weighted by molar-refractivity contribution is 6.01. The maximum absolute atomic E-state index is 13.4. The Kier molecular flexibility index (Phi) is 3.84. The molecule has 0 bridgehead atoms. The number of allylic oxidation sites excluding steroid dienone is 1. The Morgan fingerprint density at radius 1 is 1.10 bits per heavy atom. The summed E-state index contributed by atoms with van der Waals surface area (Å²) in [7, 11) is 3.11. The second kappa shape index (κ2) is 6.41. The molecule has 1 aliphatic rings. The number of aromatic nitrogens is 2. The zero-order valence-corrected chi connectivity index (χ0v) is 16.0. The van der Waals surface area contributed by atoms with Crippen LogP contribution in [0.3, 0.4) is 0 Å². The highest BCUT2D eigenvalue weighted by atomic mass is 16.7. The number of benzene rings is 2. The lowest BCUT2D eigenvalue weighted by molar-refractivity contribution is 0.174. The first-order chi connectivity index (χ1) is 14.2. The summed E-state index contributed by atoms with van der Waals surface area (Å²) >= 11 is 0. The highest BCUT2D eigenvalue weighted by Crippen LogP contribution is 2.38. The summed E-state index contributed by atoms with van der Waals surface area (Å²) in [5, 5.41) is 1.33. The van der Waals surface area contributed by atoms with Crippen molar-refractivity contribution in [2.45, 2.75) is 6.42 Å². The minimum Gasteiger partial charge on any atom is -0.493 e. The molecule has 0 unspecified atom stereocenters. The third-order valence-electron chi connectivity index (χ3n) is 5.21. The van der Waals surface area contributed by atoms with E-state index in [9.17, 15) is 4.79 Å². The van der Waals surface area contributed by atoms with Crippen LogP contribution in [-0.2, 0) is 6.42 Å². The van der Waals surface area contributed by atoms with Crippen molar-refractivity contribution in [1.29, 1.82) is 0 Å². The molecule has 0 saturated heterocycles. The third kappa shape index (κ3) is 2.44. The van der Waals surface area contributed by atoms with E-state index in [0.717, 1.165) is 16.4 Å². The van der Waals surface area contributed by atoms with E-state index in [0.29, 0.717) is 45.9 Å². The molecular weight excluding hydrogens is 372 g/mol. The van der Waals surface area contributed by atoms with E-state index < -0.39 is 0 Å². The molecule has 0 fully saturated rings. The minimum atomic E-state index is -0.0778. The smallest absolute Gasteiger partial charge is 0.231 e. The van der Waals surface area contributed by atoms with Crippen LogP contribution in [0.5, 0.6) is 23.0 Å². The number of nitrogens with zero attached hydrogens (tertiary/aromatic N) is 2. The summed E-state index contributed by atoms with van der Waals surface area (Å²) < 4.78 is 23.8. The molecule has 7 heteroatoms. The van der Waals surface area contributed by atoms with Gasteiger partial charge in [-0.3, -0.25) is 9.20 Å². The molecule has 29 heavy (non-hydrogen) atoms. The second-order valence-electron chi connectivity index (χ2n) is 6.71. The average molecular weight is 390 g/mol. The zero-order chi connectivity index (χ0) is 20.1. The summed E-state index contributed by atoms with van der Waals surface area (Å²) in [5.41, 5.74) is 2.72. The molecule has 1 aliphatic heterocycles. The lowest BCUT2D eigenvalue weighted by Gasteiger charge is -2.15. The summed E-state index contributed by atoms with van der Waals surface area (Å²) in [6.07, 6.45) is 3.85. The van der Waals surface area contributed by atoms with Crippen LogP contribution in [-0.4, -0.2) is 30.4 Å².